The molecule has 10 aromatic rings. The zero-order valence-corrected chi connectivity index (χ0v) is 84.2. The highest BCUT2D eigenvalue weighted by atomic mass is 35.5. The van der Waals surface area contributed by atoms with Gasteiger partial charge in [0.05, 0.1) is 78.6 Å². The number of methoxy groups -OCH3 is 1. The van der Waals surface area contributed by atoms with Crippen molar-refractivity contribution in [3.63, 3.8) is 0 Å². The Morgan fingerprint density at radius 2 is 0.726 bits per heavy atom. The van der Waals surface area contributed by atoms with Gasteiger partial charge in [-0.3, -0.25) is 47.9 Å². The number of nitrogens with one attached hydrogen (secondary N) is 9. The van der Waals surface area contributed by atoms with Crippen LogP contribution in [-0.4, -0.2) is 149 Å². The van der Waals surface area contributed by atoms with Crippen molar-refractivity contribution in [2.75, 3.05) is 47.2 Å². The molecule has 15 aliphatic carbocycles. The first-order valence-electron chi connectivity index (χ1n) is 46.6. The molecule has 10 bridgehead atoms. The van der Waals surface area contributed by atoms with Crippen LogP contribution in [0.4, 0.5) is 30.7 Å². The zero-order chi connectivity index (χ0) is 104. The minimum absolute atomic E-state index is 0.000706. The number of hydrogen-bond donors (Lipinski definition) is 9. The molecule has 15 fully saturated rings. The summed E-state index contributed by atoms with van der Waals surface area (Å²) in [6, 6.07) is 39.1. The van der Waals surface area contributed by atoms with E-state index in [1.807, 2.05) is 56.6 Å². The smallest absolute Gasteiger partial charge is 0.258 e. The van der Waals surface area contributed by atoms with Crippen LogP contribution in [0.25, 0.3) is 0 Å². The van der Waals surface area contributed by atoms with E-state index in [9.17, 15) is 78.7 Å². The van der Waals surface area contributed by atoms with E-state index < -0.39 is 62.2 Å². The molecule has 10 amide bonds. The van der Waals surface area contributed by atoms with E-state index in [2.05, 4.69) is 57.8 Å². The van der Waals surface area contributed by atoms with Crippen LogP contribution in [0.5, 0.6) is 34.5 Å². The van der Waals surface area contributed by atoms with Gasteiger partial charge in [-0.1, -0.05) is 112 Å². The van der Waals surface area contributed by atoms with Crippen LogP contribution in [0.2, 0.25) is 25.1 Å². The van der Waals surface area contributed by atoms with Crippen LogP contribution < -0.4 is 76.3 Å². The molecule has 0 saturated heterocycles. The van der Waals surface area contributed by atoms with Crippen molar-refractivity contribution in [1.29, 1.82) is 0 Å². The number of ether oxygens (including phenoxy) is 6. The number of aromatic nitrogens is 2. The number of halogens is 12. The maximum absolute atomic E-state index is 13.8. The van der Waals surface area contributed by atoms with Gasteiger partial charge in [0.25, 0.3) is 29.5 Å². The quantitative estimate of drug-likeness (QED) is 0.0165. The lowest BCUT2D eigenvalue weighted by atomic mass is 9.39. The van der Waals surface area contributed by atoms with E-state index in [1.54, 1.807) is 36.2 Å². The van der Waals surface area contributed by atoms with Crippen molar-refractivity contribution >= 4 is 128 Å². The summed E-state index contributed by atoms with van der Waals surface area (Å²) in [6.45, 7) is 6.02. The molecular weight excluding hydrogens is 2030 g/mol. The van der Waals surface area contributed by atoms with Crippen molar-refractivity contribution in [2.24, 2.45) is 27.1 Å². The van der Waals surface area contributed by atoms with E-state index in [0.29, 0.717) is 132 Å². The van der Waals surface area contributed by atoms with Gasteiger partial charge in [-0.25, -0.2) is 40.7 Å². The SMILES string of the molecule is CN(Cc1ccccc1)C(=O)C12CC(NC(=O)COc3ccc(Cl)c(F)c3)(C1)C2.COc1ccc(CNC(=O)C23CC(NC(=O)COc4ccc(Cl)c(F)c4)(C2)C3)cc1F.Cc1ccc(F)c(CNC(=O)C23CC(NC(=O)COc4ccc(Cl)c(F)c4)(C2)C3)c1.Cc1cnc(CNC(=O)C23CC(NC(=O)COc4ccc(Cl)c(F)c4)(C2)C3)o1.Cc1csc(CNC(=O)C23CC(NC(=O)COc4ccc(Cl)c(F)c4)(C2)C3)n1. The maximum atomic E-state index is 13.8. The second kappa shape index (κ2) is 42.9. The molecule has 42 heteroatoms. The highest BCUT2D eigenvalue weighted by Gasteiger charge is 2.76. The summed E-state index contributed by atoms with van der Waals surface area (Å²) in [7, 11) is 3.21. The molecule has 29 nitrogen and oxygen atoms in total. The summed E-state index contributed by atoms with van der Waals surface area (Å²) >= 11 is 29.6. The largest absolute Gasteiger partial charge is 0.494 e. The predicted molar refractivity (Wildman–Crippen MR) is 523 cm³/mol. The van der Waals surface area contributed by atoms with Gasteiger partial charge >= 0.3 is 0 Å². The lowest BCUT2D eigenvalue weighted by molar-refractivity contribution is -0.192. The Bertz CT molecular complexity index is 6500. The minimum atomic E-state index is -0.621. The van der Waals surface area contributed by atoms with Crippen molar-refractivity contribution in [1.82, 2.24) is 62.7 Å². The molecule has 0 aliphatic heterocycles. The molecule has 2 heterocycles. The fourth-order valence-corrected chi connectivity index (χ4v) is 22.7. The summed E-state index contributed by atoms with van der Waals surface area (Å²) < 4.78 is 131. The van der Waals surface area contributed by atoms with Gasteiger partial charge in [0.1, 0.15) is 74.4 Å². The summed E-state index contributed by atoms with van der Waals surface area (Å²) in [4.78, 5) is 134. The first kappa shape index (κ1) is 106. The van der Waals surface area contributed by atoms with E-state index in [1.165, 1.54) is 97.3 Å². The van der Waals surface area contributed by atoms with Gasteiger partial charge in [-0.15, -0.1) is 11.3 Å². The van der Waals surface area contributed by atoms with Crippen LogP contribution >= 0.6 is 69.3 Å². The molecular formula is C104H102Cl5F7N12O17S. The molecule has 146 heavy (non-hydrogen) atoms. The lowest BCUT2D eigenvalue weighted by Crippen LogP contribution is -2.78. The fraction of sp³-hybridized carbons (Fsp3) is 0.385. The lowest BCUT2D eigenvalue weighted by Gasteiger charge is -2.69. The van der Waals surface area contributed by atoms with E-state index >= 15 is 0 Å². The van der Waals surface area contributed by atoms with Crippen LogP contribution in [-0.2, 0) is 80.7 Å². The van der Waals surface area contributed by atoms with E-state index in [0.717, 1.165) is 52.2 Å². The summed E-state index contributed by atoms with van der Waals surface area (Å²) in [5, 5.41) is 28.9. The number of hydrogen-bond acceptors (Lipinski definition) is 20. The average Bonchev–Trinajstić information content (AvgIpc) is 1.49. The third-order valence-corrected chi connectivity index (χ3v) is 30.4. The van der Waals surface area contributed by atoms with Crippen molar-refractivity contribution in [3.05, 3.63) is 280 Å². The molecule has 25 rings (SSSR count). The highest BCUT2D eigenvalue weighted by Crippen LogP contribution is 2.71. The summed E-state index contributed by atoms with van der Waals surface area (Å²) in [6.07, 6.45) is 10.5. The predicted octanol–water partition coefficient (Wildman–Crippen LogP) is 16.1. The fourth-order valence-electron chi connectivity index (χ4n) is 21.4. The van der Waals surface area contributed by atoms with Crippen LogP contribution in [0.15, 0.2) is 174 Å². The first-order chi connectivity index (χ1) is 69.3. The normalized spacial score (nSPS) is 24.1. The van der Waals surface area contributed by atoms with Crippen molar-refractivity contribution in [2.45, 2.75) is 178 Å². The number of nitrogens with zero attached hydrogens (tertiary/aromatic N) is 3. The number of amides is 10. The van der Waals surface area contributed by atoms with Crippen molar-refractivity contribution in [3.8, 4) is 34.5 Å². The summed E-state index contributed by atoms with van der Waals surface area (Å²) in [5.41, 5.74) is 0.171. The molecule has 0 atom stereocenters. The number of aryl methyl sites for hydroxylation is 3. The monoisotopic (exact) mass is 2130 g/mol. The van der Waals surface area contributed by atoms with Gasteiger partial charge in [0.15, 0.2) is 44.6 Å². The Hall–Kier alpha value is -12.9. The molecule has 9 N–H and O–H groups in total. The van der Waals surface area contributed by atoms with E-state index in [-0.39, 0.29) is 205 Å². The molecule has 770 valence electrons. The number of benzene rings is 8. The van der Waals surface area contributed by atoms with Crippen LogP contribution in [0, 0.1) is 88.6 Å². The van der Waals surface area contributed by atoms with Gasteiger partial charge in [0, 0.05) is 101 Å². The summed E-state index contributed by atoms with van der Waals surface area (Å²) in [5.74, 6) is -3.08. The molecule has 15 aliphatic rings. The molecule has 0 spiro atoms. The Kier molecular flexibility index (Phi) is 31.1. The molecule has 2 aromatic heterocycles. The number of thiazole rings is 1. The second-order valence-electron chi connectivity index (χ2n) is 39.7. The van der Waals surface area contributed by atoms with Gasteiger partial charge in [-0.2, -0.15) is 0 Å². The second-order valence-corrected chi connectivity index (χ2v) is 42.7. The van der Waals surface area contributed by atoms with E-state index in [4.69, 9.17) is 90.8 Å². The Morgan fingerprint density at radius 3 is 1.05 bits per heavy atom. The third kappa shape index (κ3) is 24.0. The number of carbonyl (C=O) groups excluding carboxylic acids is 10. The minimum Gasteiger partial charge on any atom is -0.494 e. The Labute approximate surface area is 863 Å². The van der Waals surface area contributed by atoms with Crippen molar-refractivity contribution < 1.29 is 112 Å². The van der Waals surface area contributed by atoms with Gasteiger partial charge in [0.2, 0.25) is 35.4 Å². The first-order valence-corrected chi connectivity index (χ1v) is 49.4. The molecule has 0 radical (unpaired) electrons. The average molecular weight is 2130 g/mol. The molecule has 8 aromatic carbocycles. The van der Waals surface area contributed by atoms with Gasteiger partial charge in [-0.05, 0) is 207 Å². The maximum Gasteiger partial charge on any atom is 0.258 e. The Balaban J connectivity index is 0.000000131. The van der Waals surface area contributed by atoms with Crippen LogP contribution in [0.1, 0.15) is 141 Å². The highest BCUT2D eigenvalue weighted by molar-refractivity contribution is 7.09. The zero-order valence-electron chi connectivity index (χ0n) is 79.6. The Morgan fingerprint density at radius 1 is 0.384 bits per heavy atom. The molecule has 0 unspecified atom stereocenters. The third-order valence-electron chi connectivity index (χ3n) is 27.9. The standard InChI is InChI=1S/C22H21ClF2N2O4.C22H21ClF2N2O3.C22H22ClFN2O3.C19H19ClFN3O4.C19H19ClFN3O3S/c1-30-18-5-2-13(6-17(18)25)8-26-20(29)21-10-22(11-21,12-21)27-19(28)9-31-14-3-4-15(23)16(24)7-14;1-13-2-5-17(24)14(6-13)8-26-20(29)21-10-22(11-21,12-21)27-19(28)9-30-15-3-4-16(23)18(25)7-15;1-26(10-15-5-3-2-4-6-15)20(28)21-12-22(13-21,14-21)25-19(27)11-29-16-7-8-17(23)18(24)9-16;1-11-5-22-16(28-11)6-23-17(26)18-8-19(9-18,10-18)24-15(25)7-27-12-2-3-13(20)14(21)4-12;1-11-7-28-16(23-11)5-22-17(26)18-8-19(9-18,10-18)24-15(25)6-27-12-2-3-13(20)14(21)4-12/h2-7H,8-12H2,1H3,(H,26,29)(H,27,28);2-7H,8-12H2,1H3,(H,26,29)(H,27,28);2-9H,10-14H2,1H3,(H,25,27);2-5H,6-10H2,1H3,(H,23,26)(H,24,25);2-4,7H,5-6,8-10H2,1H3,(H,22,26)(H,24,25). The number of carbonyl (C=O) groups is 10. The van der Waals surface area contributed by atoms with Gasteiger partial charge < -0.3 is 85.6 Å². The molecule has 15 saturated carbocycles. The number of oxazole rings is 1. The number of rotatable bonds is 36. The van der Waals surface area contributed by atoms with Crippen LogP contribution in [0.3, 0.4) is 0 Å². The topological polar surface area (TPSA) is 377 Å².